The molecule has 20 heavy (non-hydrogen) atoms. The Kier molecular flexibility index (Phi) is 4.14. The first-order valence-corrected chi connectivity index (χ1v) is 6.13. The van der Waals surface area contributed by atoms with Gasteiger partial charge in [0.2, 0.25) is 5.88 Å². The molecule has 0 saturated carbocycles. The molecule has 1 aromatic heterocycles. The zero-order chi connectivity index (χ0) is 14.7. The minimum Gasteiger partial charge on any atom is -0.496 e. The van der Waals surface area contributed by atoms with Crippen molar-refractivity contribution in [2.24, 2.45) is 7.05 Å². The van der Waals surface area contributed by atoms with E-state index >= 15 is 0 Å². The highest BCUT2D eigenvalue weighted by molar-refractivity contribution is 5.44. The number of benzene rings is 1. The van der Waals surface area contributed by atoms with Gasteiger partial charge in [0, 0.05) is 25.2 Å². The van der Waals surface area contributed by atoms with Gasteiger partial charge in [-0.25, -0.2) is 4.68 Å². The van der Waals surface area contributed by atoms with Crippen LogP contribution in [0.2, 0.25) is 0 Å². The number of nitrogens with zero attached hydrogens (tertiary/aromatic N) is 2. The molecule has 6 nitrogen and oxygen atoms in total. The zero-order valence-electron chi connectivity index (χ0n) is 12.0. The Morgan fingerprint density at radius 2 is 1.65 bits per heavy atom. The van der Waals surface area contributed by atoms with Crippen molar-refractivity contribution in [2.45, 2.75) is 13.5 Å². The molecule has 108 valence electrons. The maximum atomic E-state index is 9.41. The summed E-state index contributed by atoms with van der Waals surface area (Å²) < 4.78 is 17.8. The lowest BCUT2D eigenvalue weighted by Crippen LogP contribution is -1.98. The fourth-order valence-electron chi connectivity index (χ4n) is 1.94. The van der Waals surface area contributed by atoms with Gasteiger partial charge in [0.1, 0.15) is 17.2 Å². The summed E-state index contributed by atoms with van der Waals surface area (Å²) in [6, 6.07) is 5.24. The summed E-state index contributed by atoms with van der Waals surface area (Å²) in [4.78, 5) is 0. The number of aryl methyl sites for hydroxylation is 2. The molecule has 0 unspecified atom stereocenters. The van der Waals surface area contributed by atoms with E-state index in [1.807, 2.05) is 6.92 Å². The number of rotatable bonds is 5. The number of hydrogen-bond acceptors (Lipinski definition) is 5. The van der Waals surface area contributed by atoms with Crippen LogP contribution in [0.5, 0.6) is 23.1 Å². The Bertz CT molecular complexity index is 585. The van der Waals surface area contributed by atoms with E-state index in [1.165, 1.54) is 0 Å². The number of methoxy groups -OCH3 is 2. The molecule has 0 atom stereocenters. The van der Waals surface area contributed by atoms with Crippen LogP contribution < -0.4 is 14.2 Å². The Labute approximate surface area is 117 Å². The maximum absolute atomic E-state index is 9.41. The first-order chi connectivity index (χ1) is 9.58. The molecule has 0 saturated heterocycles. The summed E-state index contributed by atoms with van der Waals surface area (Å²) in [7, 11) is 4.91. The molecule has 1 aromatic carbocycles. The molecule has 2 aromatic rings. The smallest absolute Gasteiger partial charge is 0.223 e. The van der Waals surface area contributed by atoms with Crippen LogP contribution in [-0.2, 0) is 13.7 Å². The summed E-state index contributed by atoms with van der Waals surface area (Å²) >= 11 is 0. The molecule has 0 aliphatic heterocycles. The Morgan fingerprint density at radius 1 is 1.10 bits per heavy atom. The van der Waals surface area contributed by atoms with Crippen LogP contribution in [0.15, 0.2) is 18.2 Å². The van der Waals surface area contributed by atoms with Gasteiger partial charge in [-0.1, -0.05) is 0 Å². The van der Waals surface area contributed by atoms with Crippen molar-refractivity contribution in [3.8, 4) is 23.1 Å². The van der Waals surface area contributed by atoms with Gasteiger partial charge in [0.05, 0.1) is 32.1 Å². The van der Waals surface area contributed by atoms with Crippen LogP contribution >= 0.6 is 0 Å². The lowest BCUT2D eigenvalue weighted by molar-refractivity contribution is 0.274. The van der Waals surface area contributed by atoms with Crippen molar-refractivity contribution in [3.05, 3.63) is 29.5 Å². The number of ether oxygens (including phenoxy) is 3. The average Bonchev–Trinajstić information content (AvgIpc) is 2.72. The van der Waals surface area contributed by atoms with E-state index in [2.05, 4.69) is 5.10 Å². The largest absolute Gasteiger partial charge is 0.496 e. The van der Waals surface area contributed by atoms with Crippen molar-refractivity contribution in [1.29, 1.82) is 0 Å². The van der Waals surface area contributed by atoms with Crippen molar-refractivity contribution >= 4 is 0 Å². The molecular formula is C14H18N2O4. The van der Waals surface area contributed by atoms with Gasteiger partial charge in [0.25, 0.3) is 0 Å². The van der Waals surface area contributed by atoms with E-state index < -0.39 is 0 Å². The number of aliphatic hydroxyl groups is 1. The van der Waals surface area contributed by atoms with Gasteiger partial charge in [-0.05, 0) is 6.92 Å². The average molecular weight is 278 g/mol. The van der Waals surface area contributed by atoms with E-state index in [9.17, 15) is 5.11 Å². The number of aliphatic hydroxyl groups excluding tert-OH is 1. The SMILES string of the molecule is COc1cc(OC)cc(Oc2c(CO)c(C)nn2C)c1. The Balaban J connectivity index is 2.39. The molecule has 0 amide bonds. The quantitative estimate of drug-likeness (QED) is 0.906. The second-order valence-corrected chi connectivity index (χ2v) is 4.30. The van der Waals surface area contributed by atoms with E-state index in [0.29, 0.717) is 28.7 Å². The van der Waals surface area contributed by atoms with Crippen molar-refractivity contribution in [3.63, 3.8) is 0 Å². The summed E-state index contributed by atoms with van der Waals surface area (Å²) in [6.45, 7) is 1.70. The second kappa shape index (κ2) is 5.83. The van der Waals surface area contributed by atoms with Crippen LogP contribution in [0.25, 0.3) is 0 Å². The summed E-state index contributed by atoms with van der Waals surface area (Å²) in [5.74, 6) is 2.31. The number of aromatic nitrogens is 2. The highest BCUT2D eigenvalue weighted by atomic mass is 16.5. The lowest BCUT2D eigenvalue weighted by atomic mass is 10.2. The van der Waals surface area contributed by atoms with Crippen LogP contribution in [0.4, 0.5) is 0 Å². The fourth-order valence-corrected chi connectivity index (χ4v) is 1.94. The third-order valence-corrected chi connectivity index (χ3v) is 2.99. The molecule has 1 heterocycles. The minimum atomic E-state index is -0.129. The highest BCUT2D eigenvalue weighted by Crippen LogP contribution is 2.32. The van der Waals surface area contributed by atoms with E-state index in [0.717, 1.165) is 5.69 Å². The summed E-state index contributed by atoms with van der Waals surface area (Å²) in [5.41, 5.74) is 1.40. The van der Waals surface area contributed by atoms with Gasteiger partial charge in [-0.15, -0.1) is 0 Å². The molecule has 0 aliphatic rings. The van der Waals surface area contributed by atoms with E-state index in [-0.39, 0.29) is 6.61 Å². The first kappa shape index (κ1) is 14.2. The van der Waals surface area contributed by atoms with Crippen LogP contribution in [-0.4, -0.2) is 29.1 Å². The molecular weight excluding hydrogens is 260 g/mol. The normalized spacial score (nSPS) is 10.4. The van der Waals surface area contributed by atoms with E-state index in [1.54, 1.807) is 44.1 Å². The first-order valence-electron chi connectivity index (χ1n) is 6.13. The minimum absolute atomic E-state index is 0.129. The summed E-state index contributed by atoms with van der Waals surface area (Å²) in [5, 5.41) is 13.6. The van der Waals surface area contributed by atoms with Crippen molar-refractivity contribution < 1.29 is 19.3 Å². The molecule has 0 aliphatic carbocycles. The fraction of sp³-hybridized carbons (Fsp3) is 0.357. The molecule has 1 N–H and O–H groups in total. The van der Waals surface area contributed by atoms with Gasteiger partial charge in [-0.2, -0.15) is 5.10 Å². The Hall–Kier alpha value is -2.21. The van der Waals surface area contributed by atoms with Gasteiger partial charge < -0.3 is 19.3 Å². The zero-order valence-corrected chi connectivity index (χ0v) is 12.0. The Morgan fingerprint density at radius 3 is 2.15 bits per heavy atom. The predicted octanol–water partition coefficient (Wildman–Crippen LogP) is 2.03. The molecule has 0 spiro atoms. The maximum Gasteiger partial charge on any atom is 0.223 e. The number of hydrogen-bond donors (Lipinski definition) is 1. The topological polar surface area (TPSA) is 65.7 Å². The predicted molar refractivity (Wildman–Crippen MR) is 73.5 cm³/mol. The molecule has 6 heteroatoms. The molecule has 0 radical (unpaired) electrons. The van der Waals surface area contributed by atoms with Gasteiger partial charge >= 0.3 is 0 Å². The van der Waals surface area contributed by atoms with Crippen LogP contribution in [0, 0.1) is 6.92 Å². The third kappa shape index (κ3) is 2.70. The highest BCUT2D eigenvalue weighted by Gasteiger charge is 2.15. The lowest BCUT2D eigenvalue weighted by Gasteiger charge is -2.11. The van der Waals surface area contributed by atoms with Gasteiger partial charge in [0.15, 0.2) is 0 Å². The van der Waals surface area contributed by atoms with E-state index in [4.69, 9.17) is 14.2 Å². The summed E-state index contributed by atoms with van der Waals surface area (Å²) in [6.07, 6.45) is 0. The standard InChI is InChI=1S/C14H18N2O4/c1-9-13(8-17)14(16(2)15-9)20-12-6-10(18-3)5-11(7-12)19-4/h5-7,17H,8H2,1-4H3. The van der Waals surface area contributed by atoms with Crippen LogP contribution in [0.1, 0.15) is 11.3 Å². The second-order valence-electron chi connectivity index (χ2n) is 4.30. The van der Waals surface area contributed by atoms with Crippen LogP contribution in [0.3, 0.4) is 0 Å². The van der Waals surface area contributed by atoms with Crippen molar-refractivity contribution in [2.75, 3.05) is 14.2 Å². The molecule has 0 bridgehead atoms. The van der Waals surface area contributed by atoms with Gasteiger partial charge in [-0.3, -0.25) is 0 Å². The molecule has 0 fully saturated rings. The van der Waals surface area contributed by atoms with Crippen molar-refractivity contribution in [1.82, 2.24) is 9.78 Å². The third-order valence-electron chi connectivity index (χ3n) is 2.99. The monoisotopic (exact) mass is 278 g/mol. The molecule has 2 rings (SSSR count).